The van der Waals surface area contributed by atoms with Crippen LogP contribution in [0.25, 0.3) is 0 Å². The molecule has 0 spiro atoms. The molecule has 1 fully saturated rings. The molecule has 1 atom stereocenters. The lowest BCUT2D eigenvalue weighted by Gasteiger charge is -2.12. The minimum absolute atomic E-state index is 0.00167. The van der Waals surface area contributed by atoms with Gasteiger partial charge < -0.3 is 9.84 Å². The molecule has 1 heterocycles. The molecule has 0 saturated heterocycles. The number of ether oxygens (including phenoxy) is 1. The van der Waals surface area contributed by atoms with E-state index in [1.54, 1.807) is 6.92 Å². The first kappa shape index (κ1) is 11.5. The molecule has 1 aliphatic rings. The maximum absolute atomic E-state index is 10.9. The maximum atomic E-state index is 10.9. The quantitative estimate of drug-likeness (QED) is 0.861. The van der Waals surface area contributed by atoms with Crippen LogP contribution in [0, 0.1) is 12.8 Å². The van der Waals surface area contributed by atoms with Crippen molar-refractivity contribution in [1.82, 2.24) is 4.98 Å². The Bertz CT molecular complexity index is 398. The van der Waals surface area contributed by atoms with Gasteiger partial charge in [0.15, 0.2) is 5.69 Å². The fraction of sp³-hybridized carbons (Fsp3) is 0.636. The highest BCUT2D eigenvalue weighted by molar-refractivity contribution is 7.11. The Balaban J connectivity index is 2.23. The third-order valence-corrected chi connectivity index (χ3v) is 3.69. The van der Waals surface area contributed by atoms with Gasteiger partial charge in [-0.05, 0) is 32.6 Å². The lowest BCUT2D eigenvalue weighted by molar-refractivity contribution is 0.0459. The Hall–Kier alpha value is -0.940. The van der Waals surface area contributed by atoms with E-state index < -0.39 is 5.97 Å². The van der Waals surface area contributed by atoms with Crippen molar-refractivity contribution >= 4 is 17.3 Å². The fourth-order valence-electron chi connectivity index (χ4n) is 1.72. The molecule has 0 aliphatic heterocycles. The Morgan fingerprint density at radius 3 is 2.81 bits per heavy atom. The van der Waals surface area contributed by atoms with Crippen molar-refractivity contribution in [1.29, 1.82) is 0 Å². The minimum Gasteiger partial charge on any atom is -0.476 e. The highest BCUT2D eigenvalue weighted by atomic mass is 32.1. The highest BCUT2D eigenvalue weighted by Gasteiger charge is 2.35. The van der Waals surface area contributed by atoms with E-state index in [0.29, 0.717) is 12.5 Å². The normalized spacial score (nSPS) is 17.4. The molecule has 1 aromatic rings. The smallest absolute Gasteiger partial charge is 0.355 e. The molecule has 0 amide bonds. The van der Waals surface area contributed by atoms with Gasteiger partial charge in [0.25, 0.3) is 0 Å². The number of aromatic nitrogens is 1. The molecule has 5 heteroatoms. The van der Waals surface area contributed by atoms with Crippen molar-refractivity contribution in [3.8, 4) is 0 Å². The highest BCUT2D eigenvalue weighted by Crippen LogP contribution is 2.44. The number of carboxylic acids is 1. The van der Waals surface area contributed by atoms with Gasteiger partial charge in [-0.25, -0.2) is 9.78 Å². The number of rotatable bonds is 5. The number of thiazole rings is 1. The number of aryl methyl sites for hydroxylation is 1. The fourth-order valence-corrected chi connectivity index (χ4v) is 2.78. The van der Waals surface area contributed by atoms with Gasteiger partial charge in [-0.3, -0.25) is 0 Å². The van der Waals surface area contributed by atoms with E-state index in [1.807, 2.05) is 6.92 Å². The molecular formula is C11H15NO3S. The van der Waals surface area contributed by atoms with Crippen LogP contribution in [0.15, 0.2) is 0 Å². The van der Waals surface area contributed by atoms with Crippen LogP contribution >= 0.6 is 11.3 Å². The van der Waals surface area contributed by atoms with E-state index in [9.17, 15) is 4.79 Å². The molecular weight excluding hydrogens is 226 g/mol. The Kier molecular flexibility index (Phi) is 3.25. The molecule has 4 nitrogen and oxygen atoms in total. The summed E-state index contributed by atoms with van der Waals surface area (Å²) in [5.41, 5.74) is 0.172. The van der Waals surface area contributed by atoms with E-state index in [1.165, 1.54) is 11.3 Å². The molecule has 1 saturated carbocycles. The molecule has 2 rings (SSSR count). The van der Waals surface area contributed by atoms with Crippen LogP contribution in [0.3, 0.4) is 0 Å². The number of carbonyl (C=O) groups is 1. The van der Waals surface area contributed by atoms with Gasteiger partial charge in [0, 0.05) is 11.5 Å². The van der Waals surface area contributed by atoms with E-state index in [2.05, 4.69) is 4.98 Å². The second-order valence-electron chi connectivity index (χ2n) is 3.98. The van der Waals surface area contributed by atoms with E-state index >= 15 is 0 Å². The lowest BCUT2D eigenvalue weighted by atomic mass is 10.2. The van der Waals surface area contributed by atoms with Crippen LogP contribution in [0.1, 0.15) is 46.2 Å². The van der Waals surface area contributed by atoms with Crippen LogP contribution in [0.2, 0.25) is 0 Å². The summed E-state index contributed by atoms with van der Waals surface area (Å²) in [4.78, 5) is 15.8. The second-order valence-corrected chi connectivity index (χ2v) is 5.21. The third-order valence-electron chi connectivity index (χ3n) is 2.66. The van der Waals surface area contributed by atoms with Crippen molar-refractivity contribution < 1.29 is 14.6 Å². The van der Waals surface area contributed by atoms with E-state index in [-0.39, 0.29) is 11.8 Å². The van der Waals surface area contributed by atoms with Gasteiger partial charge in [0.2, 0.25) is 0 Å². The monoisotopic (exact) mass is 241 g/mol. The summed E-state index contributed by atoms with van der Waals surface area (Å²) in [6.45, 7) is 4.39. The molecule has 1 N–H and O–H groups in total. The van der Waals surface area contributed by atoms with Gasteiger partial charge in [-0.1, -0.05) is 0 Å². The van der Waals surface area contributed by atoms with Gasteiger partial charge >= 0.3 is 5.97 Å². The average molecular weight is 241 g/mol. The predicted molar refractivity (Wildman–Crippen MR) is 60.9 cm³/mol. The first-order chi connectivity index (χ1) is 7.63. The zero-order chi connectivity index (χ0) is 11.7. The number of hydrogen-bond acceptors (Lipinski definition) is 4. The number of nitrogens with zero attached hydrogens (tertiary/aromatic N) is 1. The van der Waals surface area contributed by atoms with Crippen LogP contribution in [0.4, 0.5) is 0 Å². The molecule has 1 unspecified atom stereocenters. The molecule has 0 bridgehead atoms. The van der Waals surface area contributed by atoms with Crippen LogP contribution in [0.5, 0.6) is 0 Å². The van der Waals surface area contributed by atoms with Gasteiger partial charge in [-0.15, -0.1) is 11.3 Å². The Morgan fingerprint density at radius 2 is 2.38 bits per heavy atom. The Labute approximate surface area is 98.3 Å². The summed E-state index contributed by atoms with van der Waals surface area (Å²) in [5, 5.41) is 9.77. The van der Waals surface area contributed by atoms with E-state index in [0.717, 1.165) is 22.7 Å². The first-order valence-electron chi connectivity index (χ1n) is 5.45. The summed E-state index contributed by atoms with van der Waals surface area (Å²) in [6.07, 6.45) is 2.32. The zero-order valence-corrected chi connectivity index (χ0v) is 10.2. The minimum atomic E-state index is -0.953. The first-order valence-corrected chi connectivity index (χ1v) is 6.27. The van der Waals surface area contributed by atoms with E-state index in [4.69, 9.17) is 9.84 Å². The summed E-state index contributed by atoms with van der Waals surface area (Å²) < 4.78 is 5.66. The van der Waals surface area contributed by atoms with Crippen molar-refractivity contribution in [3.63, 3.8) is 0 Å². The standard InChI is InChI=1S/C11H15NO3S/c1-3-15-9(7-4-5-7)10-12-8(11(13)14)6(2)16-10/h7,9H,3-5H2,1-2H3,(H,13,14). The number of aromatic carboxylic acids is 1. The topological polar surface area (TPSA) is 59.4 Å². The lowest BCUT2D eigenvalue weighted by Crippen LogP contribution is -2.07. The zero-order valence-electron chi connectivity index (χ0n) is 9.40. The van der Waals surface area contributed by atoms with Gasteiger partial charge in [-0.2, -0.15) is 0 Å². The van der Waals surface area contributed by atoms with Crippen molar-refractivity contribution in [2.24, 2.45) is 5.92 Å². The molecule has 0 radical (unpaired) electrons. The summed E-state index contributed by atoms with van der Waals surface area (Å²) in [7, 11) is 0. The average Bonchev–Trinajstić information content (AvgIpc) is 2.98. The van der Waals surface area contributed by atoms with Crippen molar-refractivity contribution in [3.05, 3.63) is 15.6 Å². The summed E-state index contributed by atoms with van der Waals surface area (Å²) >= 11 is 1.44. The van der Waals surface area contributed by atoms with Crippen LogP contribution in [-0.2, 0) is 4.74 Å². The molecule has 0 aromatic carbocycles. The SMILES string of the molecule is CCOC(c1nc(C(=O)O)c(C)s1)C1CC1. The molecule has 1 aromatic heterocycles. The summed E-state index contributed by atoms with van der Waals surface area (Å²) in [5.74, 6) is -0.418. The summed E-state index contributed by atoms with van der Waals surface area (Å²) in [6, 6.07) is 0. The third kappa shape index (κ3) is 2.25. The van der Waals surface area contributed by atoms with Crippen LogP contribution < -0.4 is 0 Å². The predicted octanol–water partition coefficient (Wildman–Crippen LogP) is 2.64. The van der Waals surface area contributed by atoms with Crippen molar-refractivity contribution in [2.75, 3.05) is 6.61 Å². The maximum Gasteiger partial charge on any atom is 0.355 e. The van der Waals surface area contributed by atoms with Gasteiger partial charge in [0.1, 0.15) is 11.1 Å². The molecule has 16 heavy (non-hydrogen) atoms. The number of carboxylic acid groups (broad SMARTS) is 1. The van der Waals surface area contributed by atoms with Crippen LogP contribution in [-0.4, -0.2) is 22.7 Å². The van der Waals surface area contributed by atoms with Gasteiger partial charge in [0.05, 0.1) is 0 Å². The Morgan fingerprint density at radius 1 is 1.69 bits per heavy atom. The molecule has 88 valence electrons. The number of hydrogen-bond donors (Lipinski definition) is 1. The molecule has 1 aliphatic carbocycles. The second kappa shape index (κ2) is 4.51. The largest absolute Gasteiger partial charge is 0.476 e. The van der Waals surface area contributed by atoms with Crippen molar-refractivity contribution in [2.45, 2.75) is 32.8 Å².